The van der Waals surface area contributed by atoms with Crippen molar-refractivity contribution in [3.8, 4) is 11.3 Å². The topological polar surface area (TPSA) is 79.6 Å². The van der Waals surface area contributed by atoms with Crippen LogP contribution in [-0.2, 0) is 9.59 Å². The Morgan fingerprint density at radius 3 is 2.64 bits per heavy atom. The molecule has 1 fully saturated rings. The number of carbonyl (C=O) groups excluding carboxylic acids is 3. The zero-order valence-electron chi connectivity index (χ0n) is 17.6. The molecule has 33 heavy (non-hydrogen) atoms. The minimum absolute atomic E-state index is 0.169. The van der Waals surface area contributed by atoms with E-state index in [0.29, 0.717) is 32.8 Å². The summed E-state index contributed by atoms with van der Waals surface area (Å²) in [6.45, 7) is 3.41. The van der Waals surface area contributed by atoms with Gasteiger partial charge in [-0.15, -0.1) is 0 Å². The van der Waals surface area contributed by atoms with Crippen molar-refractivity contribution in [1.29, 1.82) is 0 Å². The fourth-order valence-corrected chi connectivity index (χ4v) is 4.55. The number of nitrogens with zero attached hydrogens (tertiary/aromatic N) is 1. The molecule has 1 N–H and O–H groups in total. The molecule has 0 aliphatic carbocycles. The predicted octanol–water partition coefficient (Wildman–Crippen LogP) is 6.55. The van der Waals surface area contributed by atoms with Crippen LogP contribution >= 0.6 is 35.0 Å². The van der Waals surface area contributed by atoms with Crippen molar-refractivity contribution in [2.24, 2.45) is 0 Å². The maximum atomic E-state index is 12.8. The van der Waals surface area contributed by atoms with Gasteiger partial charge < -0.3 is 9.73 Å². The van der Waals surface area contributed by atoms with Crippen LogP contribution in [0.1, 0.15) is 16.9 Å². The smallest absolute Gasteiger partial charge is 0.294 e. The van der Waals surface area contributed by atoms with Gasteiger partial charge in [0.15, 0.2) is 0 Å². The first kappa shape index (κ1) is 23.2. The predicted molar refractivity (Wildman–Crippen MR) is 131 cm³/mol. The van der Waals surface area contributed by atoms with Crippen LogP contribution in [0.15, 0.2) is 57.9 Å². The maximum Gasteiger partial charge on any atom is 0.294 e. The van der Waals surface area contributed by atoms with Gasteiger partial charge in [0.05, 0.1) is 9.93 Å². The number of amides is 3. The Balaban J connectivity index is 1.47. The third-order valence-electron chi connectivity index (χ3n) is 4.94. The van der Waals surface area contributed by atoms with E-state index >= 15 is 0 Å². The average Bonchev–Trinajstić information content (AvgIpc) is 3.31. The lowest BCUT2D eigenvalue weighted by Gasteiger charge is -2.14. The van der Waals surface area contributed by atoms with E-state index in [1.165, 1.54) is 6.08 Å². The van der Waals surface area contributed by atoms with Crippen molar-refractivity contribution in [1.82, 2.24) is 4.90 Å². The summed E-state index contributed by atoms with van der Waals surface area (Å²) in [5.74, 6) is -0.134. The SMILES string of the molecule is Cc1ccc(C)c(NC(=O)CN2C(=O)S/C(=C/c3ccc(-c4ccc(Cl)cc4Cl)o3)C2=O)c1. The number of aryl methyl sites for hydroxylation is 2. The summed E-state index contributed by atoms with van der Waals surface area (Å²) in [5.41, 5.74) is 3.17. The van der Waals surface area contributed by atoms with Crippen molar-refractivity contribution in [3.05, 3.63) is 80.4 Å². The number of rotatable bonds is 5. The lowest BCUT2D eigenvalue weighted by Crippen LogP contribution is -2.36. The zero-order valence-corrected chi connectivity index (χ0v) is 20.0. The van der Waals surface area contributed by atoms with Crippen LogP contribution in [-0.4, -0.2) is 28.5 Å². The lowest BCUT2D eigenvalue weighted by molar-refractivity contribution is -0.127. The van der Waals surface area contributed by atoms with Gasteiger partial charge >= 0.3 is 0 Å². The average molecular weight is 501 g/mol. The highest BCUT2D eigenvalue weighted by Crippen LogP contribution is 2.35. The van der Waals surface area contributed by atoms with E-state index in [1.807, 2.05) is 32.0 Å². The molecule has 0 spiro atoms. The molecule has 3 aromatic rings. The first-order valence-corrected chi connectivity index (χ1v) is 11.5. The highest BCUT2D eigenvalue weighted by molar-refractivity contribution is 8.18. The van der Waals surface area contributed by atoms with Gasteiger partial charge in [-0.3, -0.25) is 19.3 Å². The van der Waals surface area contributed by atoms with Gasteiger partial charge in [0.25, 0.3) is 11.1 Å². The van der Waals surface area contributed by atoms with E-state index < -0.39 is 17.1 Å². The molecule has 2 heterocycles. The van der Waals surface area contributed by atoms with Crippen LogP contribution < -0.4 is 5.32 Å². The summed E-state index contributed by atoms with van der Waals surface area (Å²) in [6.07, 6.45) is 1.47. The second-order valence-corrected chi connectivity index (χ2v) is 9.30. The van der Waals surface area contributed by atoms with E-state index in [9.17, 15) is 14.4 Å². The summed E-state index contributed by atoms with van der Waals surface area (Å²) in [5, 5.41) is 3.18. The van der Waals surface area contributed by atoms with Crippen LogP contribution in [0, 0.1) is 13.8 Å². The Morgan fingerprint density at radius 2 is 1.88 bits per heavy atom. The van der Waals surface area contributed by atoms with Crippen LogP contribution in [0.5, 0.6) is 0 Å². The Labute approximate surface area is 204 Å². The highest BCUT2D eigenvalue weighted by atomic mass is 35.5. The first-order chi connectivity index (χ1) is 15.7. The molecule has 1 saturated heterocycles. The number of hydrogen-bond acceptors (Lipinski definition) is 5. The third kappa shape index (κ3) is 5.16. The summed E-state index contributed by atoms with van der Waals surface area (Å²) in [6, 6.07) is 14.1. The molecule has 168 valence electrons. The molecular weight excluding hydrogens is 483 g/mol. The Morgan fingerprint density at radius 1 is 1.09 bits per heavy atom. The minimum atomic E-state index is -0.552. The van der Waals surface area contributed by atoms with Gasteiger partial charge in [0.2, 0.25) is 5.91 Å². The number of hydrogen-bond donors (Lipinski definition) is 1. The van der Waals surface area contributed by atoms with Crippen molar-refractivity contribution in [2.45, 2.75) is 13.8 Å². The van der Waals surface area contributed by atoms with Crippen LogP contribution in [0.2, 0.25) is 10.0 Å². The number of nitrogens with one attached hydrogen (secondary N) is 1. The number of thioether (sulfide) groups is 1. The number of carbonyl (C=O) groups is 3. The normalized spacial score (nSPS) is 14.9. The zero-order chi connectivity index (χ0) is 23.7. The summed E-state index contributed by atoms with van der Waals surface area (Å²) < 4.78 is 5.78. The van der Waals surface area contributed by atoms with Gasteiger partial charge in [0.1, 0.15) is 18.1 Å². The fraction of sp³-hybridized carbons (Fsp3) is 0.125. The summed E-state index contributed by atoms with van der Waals surface area (Å²) in [4.78, 5) is 38.7. The van der Waals surface area contributed by atoms with Gasteiger partial charge in [-0.25, -0.2) is 0 Å². The number of furan rings is 1. The quantitative estimate of drug-likeness (QED) is 0.402. The molecular formula is C24H18Cl2N2O4S. The molecule has 0 radical (unpaired) electrons. The molecule has 1 aliphatic rings. The molecule has 4 rings (SSSR count). The van der Waals surface area contributed by atoms with E-state index in [2.05, 4.69) is 5.32 Å². The largest absolute Gasteiger partial charge is 0.457 e. The number of anilines is 1. The maximum absolute atomic E-state index is 12.8. The van der Waals surface area contributed by atoms with Crippen molar-refractivity contribution < 1.29 is 18.8 Å². The second-order valence-electron chi connectivity index (χ2n) is 7.46. The van der Waals surface area contributed by atoms with Crippen LogP contribution in [0.3, 0.4) is 0 Å². The fourth-order valence-electron chi connectivity index (χ4n) is 3.23. The number of benzene rings is 2. The molecule has 0 unspecified atom stereocenters. The summed E-state index contributed by atoms with van der Waals surface area (Å²) >= 11 is 12.9. The van der Waals surface area contributed by atoms with Gasteiger partial charge in [-0.2, -0.15) is 0 Å². The lowest BCUT2D eigenvalue weighted by atomic mass is 10.1. The Kier molecular flexibility index (Phi) is 6.65. The van der Waals surface area contributed by atoms with E-state index in [-0.39, 0.29) is 11.4 Å². The standard InChI is InChI=1S/C24H18Cl2N2O4S/c1-13-3-4-14(2)19(9-13)27-22(29)12-28-23(30)21(33-24(28)31)11-16-6-8-20(32-16)17-7-5-15(25)10-18(17)26/h3-11H,12H2,1-2H3,(H,27,29)/b21-11+. The molecule has 1 aromatic heterocycles. The van der Waals surface area contributed by atoms with Crippen molar-refractivity contribution in [3.63, 3.8) is 0 Å². The van der Waals surface area contributed by atoms with Crippen LogP contribution in [0.25, 0.3) is 17.4 Å². The van der Waals surface area contributed by atoms with Crippen molar-refractivity contribution >= 4 is 63.8 Å². The molecule has 9 heteroatoms. The van der Waals surface area contributed by atoms with Crippen LogP contribution in [0.4, 0.5) is 10.5 Å². The monoisotopic (exact) mass is 500 g/mol. The molecule has 0 bridgehead atoms. The highest BCUT2D eigenvalue weighted by Gasteiger charge is 2.36. The van der Waals surface area contributed by atoms with E-state index in [4.69, 9.17) is 27.6 Å². The van der Waals surface area contributed by atoms with Gasteiger partial charge in [0, 0.05) is 22.3 Å². The van der Waals surface area contributed by atoms with Crippen molar-refractivity contribution in [2.75, 3.05) is 11.9 Å². The molecule has 1 aliphatic heterocycles. The molecule has 3 amide bonds. The van der Waals surface area contributed by atoms with Gasteiger partial charge in [-0.05, 0) is 73.1 Å². The Bertz CT molecular complexity index is 1320. The van der Waals surface area contributed by atoms with E-state index in [1.54, 1.807) is 30.3 Å². The number of halogens is 2. The molecule has 0 saturated carbocycles. The molecule has 0 atom stereocenters. The second kappa shape index (κ2) is 9.47. The third-order valence-corrected chi connectivity index (χ3v) is 6.39. The van der Waals surface area contributed by atoms with Gasteiger partial charge in [-0.1, -0.05) is 35.3 Å². The Hall–Kier alpha value is -3.00. The first-order valence-electron chi connectivity index (χ1n) is 9.89. The number of imide groups is 1. The summed E-state index contributed by atoms with van der Waals surface area (Å²) in [7, 11) is 0. The molecule has 6 nitrogen and oxygen atoms in total. The molecule has 2 aromatic carbocycles. The minimum Gasteiger partial charge on any atom is -0.457 e. The van der Waals surface area contributed by atoms with E-state index in [0.717, 1.165) is 27.8 Å².